The van der Waals surface area contributed by atoms with Crippen molar-refractivity contribution in [3.8, 4) is 0 Å². The van der Waals surface area contributed by atoms with Crippen molar-refractivity contribution < 1.29 is 4.79 Å². The third-order valence-corrected chi connectivity index (χ3v) is 6.03. The monoisotopic (exact) mass is 383 g/mol. The lowest BCUT2D eigenvalue weighted by Crippen LogP contribution is -2.03. The average molecular weight is 384 g/mol. The molecule has 1 heterocycles. The van der Waals surface area contributed by atoms with E-state index in [-0.39, 0.29) is 5.78 Å². The molecule has 1 aliphatic carbocycles. The van der Waals surface area contributed by atoms with Crippen molar-refractivity contribution >= 4 is 11.5 Å². The normalized spacial score (nSPS) is 16.6. The minimum atomic E-state index is 0.0879. The van der Waals surface area contributed by atoms with E-state index >= 15 is 0 Å². The standard InChI is InChI=1S/C26H41NO/c1-3-5-7-9-10-11-12-13-15-17-22(16-14-8-6-4-2)26-21-23-20-24(28)18-19-25(23)27-26/h18-22H,3-17H2,1-2H3. The molecule has 0 aromatic rings. The molecule has 0 aromatic carbocycles. The van der Waals surface area contributed by atoms with Gasteiger partial charge in [0.1, 0.15) is 0 Å². The highest BCUT2D eigenvalue weighted by Crippen LogP contribution is 2.32. The van der Waals surface area contributed by atoms with Gasteiger partial charge >= 0.3 is 0 Å². The van der Waals surface area contributed by atoms with Crippen molar-refractivity contribution in [2.75, 3.05) is 0 Å². The van der Waals surface area contributed by atoms with Gasteiger partial charge in [-0.05, 0) is 37.1 Å². The number of ketones is 1. The molecule has 0 aromatic heterocycles. The van der Waals surface area contributed by atoms with Crippen LogP contribution >= 0.6 is 0 Å². The van der Waals surface area contributed by atoms with Crippen LogP contribution in [0.4, 0.5) is 0 Å². The Bertz CT molecular complexity index is 594. The molecule has 1 atom stereocenters. The number of fused-ring (bicyclic) bond motifs is 1. The minimum Gasteiger partial charge on any atom is -0.290 e. The number of hydrogen-bond acceptors (Lipinski definition) is 2. The summed E-state index contributed by atoms with van der Waals surface area (Å²) in [4.78, 5) is 16.5. The Hall–Kier alpha value is -1.44. The quantitative estimate of drug-likeness (QED) is 0.197. The summed E-state index contributed by atoms with van der Waals surface area (Å²) in [6.07, 6.45) is 27.6. The maximum absolute atomic E-state index is 11.6. The van der Waals surface area contributed by atoms with E-state index in [1.54, 1.807) is 12.2 Å². The number of rotatable bonds is 16. The number of aliphatic imine (C=N–C) groups is 1. The van der Waals surface area contributed by atoms with Gasteiger partial charge in [0.15, 0.2) is 5.78 Å². The molecule has 2 heteroatoms. The molecule has 156 valence electrons. The molecule has 0 spiro atoms. The second-order valence-electron chi connectivity index (χ2n) is 8.56. The smallest absolute Gasteiger partial charge is 0.179 e. The Balaban J connectivity index is 1.76. The second kappa shape index (κ2) is 13.7. The van der Waals surface area contributed by atoms with Crippen LogP contribution in [0, 0.1) is 5.92 Å². The molecule has 0 N–H and O–H groups in total. The molecule has 0 saturated carbocycles. The Morgan fingerprint density at radius 3 is 1.86 bits per heavy atom. The van der Waals surface area contributed by atoms with Crippen LogP contribution in [-0.2, 0) is 4.79 Å². The highest BCUT2D eigenvalue weighted by Gasteiger charge is 2.22. The zero-order valence-corrected chi connectivity index (χ0v) is 18.3. The Labute approximate surface area is 173 Å². The van der Waals surface area contributed by atoms with Gasteiger partial charge in [-0.2, -0.15) is 0 Å². The van der Waals surface area contributed by atoms with E-state index in [9.17, 15) is 4.79 Å². The van der Waals surface area contributed by atoms with Crippen molar-refractivity contribution in [1.82, 2.24) is 0 Å². The van der Waals surface area contributed by atoms with Crippen molar-refractivity contribution in [3.05, 3.63) is 35.6 Å². The molecular formula is C26H41NO. The van der Waals surface area contributed by atoms with Gasteiger partial charge in [0, 0.05) is 17.2 Å². The summed E-state index contributed by atoms with van der Waals surface area (Å²) >= 11 is 0. The van der Waals surface area contributed by atoms with Crippen LogP contribution in [0.25, 0.3) is 0 Å². The number of unbranched alkanes of at least 4 members (excludes halogenated alkanes) is 11. The van der Waals surface area contributed by atoms with Gasteiger partial charge in [-0.15, -0.1) is 0 Å². The highest BCUT2D eigenvalue weighted by atomic mass is 16.1. The lowest BCUT2D eigenvalue weighted by atomic mass is 9.91. The van der Waals surface area contributed by atoms with Gasteiger partial charge in [0.25, 0.3) is 0 Å². The van der Waals surface area contributed by atoms with Crippen LogP contribution in [0.2, 0.25) is 0 Å². The second-order valence-corrected chi connectivity index (χ2v) is 8.56. The molecular weight excluding hydrogens is 342 g/mol. The third kappa shape index (κ3) is 8.29. The first kappa shape index (κ1) is 22.8. The molecule has 2 nitrogen and oxygen atoms in total. The first-order chi connectivity index (χ1) is 13.7. The van der Waals surface area contributed by atoms with E-state index in [0.29, 0.717) is 5.92 Å². The number of carbonyl (C=O) groups is 1. The Morgan fingerprint density at radius 2 is 1.25 bits per heavy atom. The van der Waals surface area contributed by atoms with Gasteiger partial charge in [0.05, 0.1) is 5.71 Å². The number of allylic oxidation sites excluding steroid dienone is 6. The number of nitrogens with zero attached hydrogens (tertiary/aromatic N) is 1. The highest BCUT2D eigenvalue weighted by molar-refractivity contribution is 6.22. The van der Waals surface area contributed by atoms with Crippen LogP contribution in [-0.4, -0.2) is 11.5 Å². The fraction of sp³-hybridized carbons (Fsp3) is 0.692. The summed E-state index contributed by atoms with van der Waals surface area (Å²) in [6, 6.07) is 0. The number of carbonyl (C=O) groups excluding carboxylic acids is 1. The van der Waals surface area contributed by atoms with Crippen LogP contribution < -0.4 is 0 Å². The SMILES string of the molecule is CCCCCCCCCCCC(CCCCCC)C1=CC2=CC(=O)C=CC2=N1. The van der Waals surface area contributed by atoms with Crippen LogP contribution in [0.5, 0.6) is 0 Å². The summed E-state index contributed by atoms with van der Waals surface area (Å²) in [5.41, 5.74) is 3.23. The topological polar surface area (TPSA) is 29.4 Å². The van der Waals surface area contributed by atoms with E-state index in [0.717, 1.165) is 11.3 Å². The Kier molecular flexibility index (Phi) is 11.2. The third-order valence-electron chi connectivity index (χ3n) is 6.03. The summed E-state index contributed by atoms with van der Waals surface area (Å²) in [7, 11) is 0. The lowest BCUT2D eigenvalue weighted by molar-refractivity contribution is -0.110. The van der Waals surface area contributed by atoms with E-state index in [4.69, 9.17) is 4.99 Å². The summed E-state index contributed by atoms with van der Waals surface area (Å²) in [5, 5.41) is 0. The van der Waals surface area contributed by atoms with Crippen LogP contribution in [0.1, 0.15) is 110 Å². The molecule has 0 fully saturated rings. The van der Waals surface area contributed by atoms with Gasteiger partial charge in [-0.3, -0.25) is 9.79 Å². The van der Waals surface area contributed by atoms with E-state index in [2.05, 4.69) is 19.9 Å². The average Bonchev–Trinajstić information content (AvgIpc) is 3.11. The van der Waals surface area contributed by atoms with Gasteiger partial charge in [-0.1, -0.05) is 97.3 Å². The lowest BCUT2D eigenvalue weighted by Gasteiger charge is -2.16. The van der Waals surface area contributed by atoms with Crippen molar-refractivity contribution in [2.24, 2.45) is 10.9 Å². The molecule has 0 radical (unpaired) electrons. The zero-order valence-electron chi connectivity index (χ0n) is 18.3. The van der Waals surface area contributed by atoms with Gasteiger partial charge in [0.2, 0.25) is 0 Å². The van der Waals surface area contributed by atoms with Gasteiger partial charge < -0.3 is 0 Å². The fourth-order valence-electron chi connectivity index (χ4n) is 4.25. The molecule has 0 amide bonds. The zero-order chi connectivity index (χ0) is 20.0. The summed E-state index contributed by atoms with van der Waals surface area (Å²) < 4.78 is 0. The number of hydrogen-bond donors (Lipinski definition) is 0. The Morgan fingerprint density at radius 1 is 0.714 bits per heavy atom. The molecule has 0 saturated heterocycles. The van der Waals surface area contributed by atoms with E-state index < -0.39 is 0 Å². The van der Waals surface area contributed by atoms with Gasteiger partial charge in [-0.25, -0.2) is 0 Å². The van der Waals surface area contributed by atoms with Crippen LogP contribution in [0.15, 0.2) is 40.6 Å². The summed E-state index contributed by atoms with van der Waals surface area (Å²) in [6.45, 7) is 4.55. The maximum atomic E-state index is 11.6. The molecule has 1 aliphatic heterocycles. The molecule has 2 aliphatic rings. The predicted octanol–water partition coefficient (Wildman–Crippen LogP) is 7.90. The van der Waals surface area contributed by atoms with Crippen molar-refractivity contribution in [3.63, 3.8) is 0 Å². The molecule has 0 bridgehead atoms. The van der Waals surface area contributed by atoms with Crippen LogP contribution in [0.3, 0.4) is 0 Å². The molecule has 2 rings (SSSR count). The predicted molar refractivity (Wildman–Crippen MR) is 122 cm³/mol. The minimum absolute atomic E-state index is 0.0879. The summed E-state index contributed by atoms with van der Waals surface area (Å²) in [5.74, 6) is 0.647. The van der Waals surface area contributed by atoms with E-state index in [1.807, 2.05) is 6.08 Å². The first-order valence-electron chi connectivity index (χ1n) is 12.0. The van der Waals surface area contributed by atoms with Crippen molar-refractivity contribution in [2.45, 2.75) is 110 Å². The maximum Gasteiger partial charge on any atom is 0.179 e. The van der Waals surface area contributed by atoms with E-state index in [1.165, 1.54) is 102 Å². The fourth-order valence-corrected chi connectivity index (χ4v) is 4.25. The molecule has 1 unspecified atom stereocenters. The largest absolute Gasteiger partial charge is 0.290 e. The molecule has 28 heavy (non-hydrogen) atoms. The van der Waals surface area contributed by atoms with Crippen molar-refractivity contribution in [1.29, 1.82) is 0 Å². The first-order valence-corrected chi connectivity index (χ1v) is 12.0.